The van der Waals surface area contributed by atoms with Crippen molar-refractivity contribution in [3.8, 4) is 5.75 Å². The summed E-state index contributed by atoms with van der Waals surface area (Å²) in [6.07, 6.45) is 0.288. The smallest absolute Gasteiger partial charge is 0.306 e. The lowest BCUT2D eigenvalue weighted by Crippen LogP contribution is -2.14. The van der Waals surface area contributed by atoms with Gasteiger partial charge >= 0.3 is 5.97 Å². The number of benzene rings is 2. The van der Waals surface area contributed by atoms with Crippen molar-refractivity contribution in [1.29, 1.82) is 0 Å². The number of hydrogen-bond donors (Lipinski definition) is 0. The highest BCUT2D eigenvalue weighted by Gasteiger charge is 2.14. The Morgan fingerprint density at radius 3 is 2.73 bits per heavy atom. The second-order valence-electron chi connectivity index (χ2n) is 5.51. The summed E-state index contributed by atoms with van der Waals surface area (Å²) in [4.78, 5) is 28.0. The highest BCUT2D eigenvalue weighted by atomic mass is 19.1. The molecule has 0 atom stereocenters. The van der Waals surface area contributed by atoms with Gasteiger partial charge in [-0.15, -0.1) is 0 Å². The SMILES string of the molecule is COc1ccc(C(=O)COC(=O)CCc2nc3ccccc3o2)cc1F. The van der Waals surface area contributed by atoms with Crippen molar-refractivity contribution in [3.05, 3.63) is 59.7 Å². The summed E-state index contributed by atoms with van der Waals surface area (Å²) in [7, 11) is 1.33. The summed E-state index contributed by atoms with van der Waals surface area (Å²) in [5.74, 6) is -1.25. The normalized spacial score (nSPS) is 10.7. The van der Waals surface area contributed by atoms with Crippen LogP contribution < -0.4 is 4.74 Å². The lowest BCUT2D eigenvalue weighted by atomic mass is 10.1. The van der Waals surface area contributed by atoms with E-state index in [0.717, 1.165) is 6.07 Å². The molecule has 0 saturated heterocycles. The Labute approximate surface area is 148 Å². The van der Waals surface area contributed by atoms with Gasteiger partial charge in [-0.05, 0) is 30.3 Å². The third-order valence-electron chi connectivity index (χ3n) is 3.72. The summed E-state index contributed by atoms with van der Waals surface area (Å²) < 4.78 is 28.8. The highest BCUT2D eigenvalue weighted by molar-refractivity contribution is 5.98. The van der Waals surface area contributed by atoms with Crippen molar-refractivity contribution < 1.29 is 27.9 Å². The lowest BCUT2D eigenvalue weighted by molar-refractivity contribution is -0.142. The average Bonchev–Trinajstić information content (AvgIpc) is 3.07. The highest BCUT2D eigenvalue weighted by Crippen LogP contribution is 2.18. The van der Waals surface area contributed by atoms with E-state index in [4.69, 9.17) is 13.9 Å². The number of carbonyl (C=O) groups is 2. The minimum Gasteiger partial charge on any atom is -0.494 e. The van der Waals surface area contributed by atoms with E-state index in [1.54, 1.807) is 6.07 Å². The molecular formula is C19H16FNO5. The molecule has 0 unspecified atom stereocenters. The number of hydrogen-bond acceptors (Lipinski definition) is 6. The minimum atomic E-state index is -0.652. The number of oxazole rings is 1. The van der Waals surface area contributed by atoms with Crippen molar-refractivity contribution in [3.63, 3.8) is 0 Å². The molecule has 0 bridgehead atoms. The molecule has 3 aromatic rings. The summed E-state index contributed by atoms with van der Waals surface area (Å²) in [5, 5.41) is 0. The Kier molecular flexibility index (Phi) is 5.26. The summed E-state index contributed by atoms with van der Waals surface area (Å²) in [6, 6.07) is 11.1. The van der Waals surface area contributed by atoms with Crippen LogP contribution >= 0.6 is 0 Å². The number of Topliss-reactive ketones (excluding diaryl/α,β-unsaturated/α-hetero) is 1. The average molecular weight is 357 g/mol. The molecular weight excluding hydrogens is 341 g/mol. The van der Waals surface area contributed by atoms with Crippen LogP contribution in [0.25, 0.3) is 11.1 Å². The van der Waals surface area contributed by atoms with Crippen LogP contribution in [-0.2, 0) is 16.0 Å². The first kappa shape index (κ1) is 17.6. The predicted molar refractivity (Wildman–Crippen MR) is 90.6 cm³/mol. The molecule has 1 heterocycles. The number of para-hydroxylation sites is 2. The Hall–Kier alpha value is -3.22. The third-order valence-corrected chi connectivity index (χ3v) is 3.72. The number of ketones is 1. The van der Waals surface area contributed by atoms with Crippen molar-refractivity contribution in [2.24, 2.45) is 0 Å². The molecule has 7 heteroatoms. The molecule has 2 aromatic carbocycles. The standard InChI is InChI=1S/C19H16FNO5/c1-24-16-7-6-12(10-13(16)20)15(22)11-25-19(23)9-8-18-21-14-4-2-3-5-17(14)26-18/h2-7,10H,8-9,11H2,1H3. The number of ether oxygens (including phenoxy) is 2. The maximum Gasteiger partial charge on any atom is 0.306 e. The van der Waals surface area contributed by atoms with Gasteiger partial charge in [0.05, 0.1) is 13.5 Å². The van der Waals surface area contributed by atoms with Gasteiger partial charge in [-0.25, -0.2) is 9.37 Å². The van der Waals surface area contributed by atoms with E-state index in [0.29, 0.717) is 17.0 Å². The second kappa shape index (κ2) is 7.77. The van der Waals surface area contributed by atoms with Crippen molar-refractivity contribution in [1.82, 2.24) is 4.98 Å². The fraction of sp³-hybridized carbons (Fsp3) is 0.211. The van der Waals surface area contributed by atoms with Crippen LogP contribution in [0.1, 0.15) is 22.7 Å². The zero-order valence-corrected chi connectivity index (χ0v) is 14.0. The zero-order chi connectivity index (χ0) is 18.5. The van der Waals surface area contributed by atoms with Crippen LogP contribution in [0.2, 0.25) is 0 Å². The van der Waals surface area contributed by atoms with Gasteiger partial charge in [0.1, 0.15) is 5.52 Å². The maximum atomic E-state index is 13.6. The quantitative estimate of drug-likeness (QED) is 0.477. The molecule has 26 heavy (non-hydrogen) atoms. The molecule has 134 valence electrons. The molecule has 3 rings (SSSR count). The van der Waals surface area contributed by atoms with E-state index in [1.807, 2.05) is 18.2 Å². The van der Waals surface area contributed by atoms with Gasteiger partial charge in [0, 0.05) is 12.0 Å². The number of aryl methyl sites for hydroxylation is 1. The number of methoxy groups -OCH3 is 1. The van der Waals surface area contributed by atoms with Gasteiger partial charge in [-0.3, -0.25) is 9.59 Å². The first-order valence-electron chi connectivity index (χ1n) is 7.93. The molecule has 0 aliphatic carbocycles. The van der Waals surface area contributed by atoms with E-state index < -0.39 is 24.2 Å². The fourth-order valence-electron chi connectivity index (χ4n) is 2.38. The third kappa shape index (κ3) is 4.05. The topological polar surface area (TPSA) is 78.6 Å². The first-order valence-corrected chi connectivity index (χ1v) is 7.93. The van der Waals surface area contributed by atoms with Crippen LogP contribution in [0.3, 0.4) is 0 Å². The van der Waals surface area contributed by atoms with Crippen molar-refractivity contribution in [2.45, 2.75) is 12.8 Å². The summed E-state index contributed by atoms with van der Waals surface area (Å²) in [5.41, 5.74) is 1.47. The van der Waals surface area contributed by atoms with Crippen LogP contribution in [0.4, 0.5) is 4.39 Å². The lowest BCUT2D eigenvalue weighted by Gasteiger charge is -2.06. The molecule has 0 N–H and O–H groups in total. The van der Waals surface area contributed by atoms with Gasteiger partial charge in [0.15, 0.2) is 35.4 Å². The van der Waals surface area contributed by atoms with Gasteiger partial charge in [-0.2, -0.15) is 0 Å². The van der Waals surface area contributed by atoms with Crippen LogP contribution in [-0.4, -0.2) is 30.5 Å². The molecule has 0 fully saturated rings. The largest absolute Gasteiger partial charge is 0.494 e. The predicted octanol–water partition coefficient (Wildman–Crippen LogP) is 3.33. The van der Waals surface area contributed by atoms with Crippen molar-refractivity contribution in [2.75, 3.05) is 13.7 Å². The van der Waals surface area contributed by atoms with Crippen LogP contribution in [0.5, 0.6) is 5.75 Å². The van der Waals surface area contributed by atoms with Crippen LogP contribution in [0.15, 0.2) is 46.9 Å². The maximum absolute atomic E-state index is 13.6. The molecule has 0 amide bonds. The molecule has 0 aliphatic rings. The Bertz CT molecular complexity index is 917. The first-order chi connectivity index (χ1) is 12.6. The van der Waals surface area contributed by atoms with Gasteiger partial charge in [0.2, 0.25) is 0 Å². The number of esters is 1. The van der Waals surface area contributed by atoms with E-state index in [-0.39, 0.29) is 24.2 Å². The zero-order valence-electron chi connectivity index (χ0n) is 14.0. The number of halogens is 1. The van der Waals surface area contributed by atoms with Crippen molar-refractivity contribution >= 4 is 22.9 Å². The molecule has 0 spiro atoms. The monoisotopic (exact) mass is 357 g/mol. The van der Waals surface area contributed by atoms with Gasteiger partial charge < -0.3 is 13.9 Å². The number of fused-ring (bicyclic) bond motifs is 1. The van der Waals surface area contributed by atoms with Gasteiger partial charge in [0.25, 0.3) is 0 Å². The molecule has 6 nitrogen and oxygen atoms in total. The fourth-order valence-corrected chi connectivity index (χ4v) is 2.38. The number of carbonyl (C=O) groups excluding carboxylic acids is 2. The van der Waals surface area contributed by atoms with E-state index >= 15 is 0 Å². The van der Waals surface area contributed by atoms with E-state index in [1.165, 1.54) is 19.2 Å². The summed E-state index contributed by atoms with van der Waals surface area (Å²) in [6.45, 7) is -0.460. The number of rotatable bonds is 7. The molecule has 0 saturated carbocycles. The summed E-state index contributed by atoms with van der Waals surface area (Å²) >= 11 is 0. The number of aromatic nitrogens is 1. The second-order valence-corrected chi connectivity index (χ2v) is 5.51. The Balaban J connectivity index is 1.50. The molecule has 0 radical (unpaired) electrons. The van der Waals surface area contributed by atoms with E-state index in [2.05, 4.69) is 4.98 Å². The minimum absolute atomic E-state index is 0.0249. The van der Waals surface area contributed by atoms with Crippen LogP contribution in [0, 0.1) is 5.82 Å². The number of nitrogens with zero attached hydrogens (tertiary/aromatic N) is 1. The molecule has 1 aromatic heterocycles. The van der Waals surface area contributed by atoms with Gasteiger partial charge in [-0.1, -0.05) is 12.1 Å². The molecule has 0 aliphatic heterocycles. The van der Waals surface area contributed by atoms with E-state index in [9.17, 15) is 14.0 Å². The Morgan fingerprint density at radius 2 is 2.00 bits per heavy atom. The Morgan fingerprint density at radius 1 is 1.19 bits per heavy atom.